The van der Waals surface area contributed by atoms with Gasteiger partial charge in [-0.3, -0.25) is 4.79 Å². The van der Waals surface area contributed by atoms with Gasteiger partial charge < -0.3 is 5.32 Å². The van der Waals surface area contributed by atoms with E-state index in [2.05, 4.69) is 5.32 Å². The van der Waals surface area contributed by atoms with Crippen LogP contribution in [0.15, 0.2) is 54.1 Å². The minimum Gasteiger partial charge on any atom is -0.384 e. The fourth-order valence-corrected chi connectivity index (χ4v) is 3.01. The Kier molecular flexibility index (Phi) is 5.04. The molecule has 1 aliphatic carbocycles. The van der Waals surface area contributed by atoms with Crippen molar-refractivity contribution in [3.8, 4) is 0 Å². The summed E-state index contributed by atoms with van der Waals surface area (Å²) >= 11 is 11.8. The Hall–Kier alpha value is -1.77. The lowest BCUT2D eigenvalue weighted by Gasteiger charge is -2.10. The summed E-state index contributed by atoms with van der Waals surface area (Å²) < 4.78 is 0. The van der Waals surface area contributed by atoms with Gasteiger partial charge in [-0.15, -0.1) is 0 Å². The van der Waals surface area contributed by atoms with E-state index in [-0.39, 0.29) is 11.7 Å². The van der Waals surface area contributed by atoms with Crippen molar-refractivity contribution in [3.63, 3.8) is 0 Å². The van der Waals surface area contributed by atoms with Gasteiger partial charge in [0.25, 0.3) is 0 Å². The first kappa shape index (κ1) is 16.1. The zero-order valence-electron chi connectivity index (χ0n) is 12.6. The predicted molar refractivity (Wildman–Crippen MR) is 97.1 cm³/mol. The lowest BCUT2D eigenvalue weighted by Crippen LogP contribution is -2.18. The number of halogens is 2. The van der Waals surface area contributed by atoms with Gasteiger partial charge in [-0.2, -0.15) is 0 Å². The molecule has 0 saturated heterocycles. The molecule has 0 aliphatic heterocycles. The van der Waals surface area contributed by atoms with Gasteiger partial charge >= 0.3 is 0 Å². The van der Waals surface area contributed by atoms with E-state index in [4.69, 9.17) is 23.2 Å². The van der Waals surface area contributed by atoms with Gasteiger partial charge in [0.15, 0.2) is 5.78 Å². The van der Waals surface area contributed by atoms with Crippen LogP contribution in [-0.4, -0.2) is 12.3 Å². The largest absolute Gasteiger partial charge is 0.384 e. The second-order valence-corrected chi connectivity index (χ2v) is 6.58. The Morgan fingerprint density at radius 2 is 1.61 bits per heavy atom. The average Bonchev–Trinajstić information content (AvgIpc) is 2.90. The molecule has 1 fully saturated rings. The minimum atomic E-state index is 0.0317. The molecule has 0 unspecified atom stereocenters. The number of Topliss-reactive ketones (excluding diaryl/α,β-unsaturated/α-hetero) is 1. The minimum absolute atomic E-state index is 0.0317. The van der Waals surface area contributed by atoms with Crippen LogP contribution in [0.25, 0.3) is 6.08 Å². The quantitative estimate of drug-likeness (QED) is 0.744. The second kappa shape index (κ2) is 7.20. The first-order chi connectivity index (χ1) is 11.1. The first-order valence-electron chi connectivity index (χ1n) is 7.61. The van der Waals surface area contributed by atoms with E-state index in [1.165, 1.54) is 0 Å². The van der Waals surface area contributed by atoms with Crippen LogP contribution in [0.3, 0.4) is 0 Å². The van der Waals surface area contributed by atoms with Crippen molar-refractivity contribution in [1.82, 2.24) is 0 Å². The number of allylic oxidation sites excluding steroid dienone is 1. The SMILES string of the molecule is O=C1/C(=C/c2ccc(Cl)cc2)CC[C@H]1CNc1ccc(Cl)cc1. The zero-order valence-corrected chi connectivity index (χ0v) is 14.1. The normalized spacial score (nSPS) is 19.3. The molecule has 0 aromatic heterocycles. The van der Waals surface area contributed by atoms with Gasteiger partial charge in [-0.25, -0.2) is 0 Å². The fourth-order valence-electron chi connectivity index (χ4n) is 2.75. The monoisotopic (exact) mass is 345 g/mol. The molecule has 1 N–H and O–H groups in total. The van der Waals surface area contributed by atoms with E-state index in [9.17, 15) is 4.79 Å². The van der Waals surface area contributed by atoms with Gasteiger partial charge in [0.05, 0.1) is 0 Å². The van der Waals surface area contributed by atoms with Crippen molar-refractivity contribution in [1.29, 1.82) is 0 Å². The van der Waals surface area contributed by atoms with Crippen LogP contribution >= 0.6 is 23.2 Å². The van der Waals surface area contributed by atoms with E-state index in [0.717, 1.165) is 29.7 Å². The molecular weight excluding hydrogens is 329 g/mol. The Bertz CT molecular complexity index is 720. The number of hydrogen-bond donors (Lipinski definition) is 1. The molecule has 4 heteroatoms. The maximum Gasteiger partial charge on any atom is 0.163 e. The number of anilines is 1. The van der Waals surface area contributed by atoms with E-state index in [1.807, 2.05) is 54.6 Å². The summed E-state index contributed by atoms with van der Waals surface area (Å²) in [5.41, 5.74) is 2.90. The zero-order chi connectivity index (χ0) is 16.2. The molecule has 0 spiro atoms. The van der Waals surface area contributed by atoms with Crippen molar-refractivity contribution < 1.29 is 4.79 Å². The van der Waals surface area contributed by atoms with Crippen LogP contribution < -0.4 is 5.32 Å². The van der Waals surface area contributed by atoms with Crippen LogP contribution in [0.1, 0.15) is 18.4 Å². The standard InChI is InChI=1S/C19H17Cl2NO/c20-16-5-1-13(2-6-16)11-14-3-4-15(19(14)23)12-22-18-9-7-17(21)8-10-18/h1-2,5-11,15,22H,3-4,12H2/b14-11+/t15-/m0/s1. The molecule has 0 bridgehead atoms. The molecule has 3 rings (SSSR count). The van der Waals surface area contributed by atoms with Gasteiger partial charge in [0, 0.05) is 28.2 Å². The van der Waals surface area contributed by atoms with E-state index in [1.54, 1.807) is 0 Å². The van der Waals surface area contributed by atoms with Crippen molar-refractivity contribution in [2.45, 2.75) is 12.8 Å². The third-order valence-electron chi connectivity index (χ3n) is 4.06. The highest BCUT2D eigenvalue weighted by atomic mass is 35.5. The Balaban J connectivity index is 1.62. The van der Waals surface area contributed by atoms with Crippen LogP contribution in [0, 0.1) is 5.92 Å². The van der Waals surface area contributed by atoms with Gasteiger partial charge in [-0.1, -0.05) is 35.3 Å². The second-order valence-electron chi connectivity index (χ2n) is 5.71. The Morgan fingerprint density at radius 1 is 1.00 bits per heavy atom. The summed E-state index contributed by atoms with van der Waals surface area (Å²) in [5.74, 6) is 0.269. The molecule has 118 valence electrons. The lowest BCUT2D eigenvalue weighted by molar-refractivity contribution is -0.117. The molecule has 2 aromatic carbocycles. The molecule has 2 nitrogen and oxygen atoms in total. The summed E-state index contributed by atoms with van der Waals surface area (Å²) in [7, 11) is 0. The fraction of sp³-hybridized carbons (Fsp3) is 0.211. The summed E-state index contributed by atoms with van der Waals surface area (Å²) in [4.78, 5) is 12.5. The summed E-state index contributed by atoms with van der Waals surface area (Å²) in [6.45, 7) is 0.651. The molecule has 1 saturated carbocycles. The number of hydrogen-bond acceptors (Lipinski definition) is 2. The highest BCUT2D eigenvalue weighted by Crippen LogP contribution is 2.29. The molecule has 1 aliphatic rings. The van der Waals surface area contributed by atoms with Crippen molar-refractivity contribution in [2.75, 3.05) is 11.9 Å². The van der Waals surface area contributed by atoms with Gasteiger partial charge in [0.2, 0.25) is 0 Å². The molecule has 2 aromatic rings. The van der Waals surface area contributed by atoms with E-state index in [0.29, 0.717) is 16.6 Å². The Morgan fingerprint density at radius 3 is 2.26 bits per heavy atom. The maximum atomic E-state index is 12.5. The molecular formula is C19H17Cl2NO. The smallest absolute Gasteiger partial charge is 0.163 e. The lowest BCUT2D eigenvalue weighted by atomic mass is 10.0. The van der Waals surface area contributed by atoms with Gasteiger partial charge in [-0.05, 0) is 66.5 Å². The summed E-state index contributed by atoms with van der Waals surface area (Å²) in [6, 6.07) is 15.1. The van der Waals surface area contributed by atoms with Crippen LogP contribution in [0.4, 0.5) is 5.69 Å². The molecule has 0 heterocycles. The third-order valence-corrected chi connectivity index (χ3v) is 4.56. The topological polar surface area (TPSA) is 29.1 Å². The van der Waals surface area contributed by atoms with Crippen LogP contribution in [-0.2, 0) is 4.79 Å². The number of rotatable bonds is 4. The number of carbonyl (C=O) groups excluding carboxylic acids is 1. The number of ketones is 1. The predicted octanol–water partition coefficient (Wildman–Crippen LogP) is 5.47. The highest BCUT2D eigenvalue weighted by Gasteiger charge is 2.28. The average molecular weight is 346 g/mol. The number of carbonyl (C=O) groups is 1. The number of nitrogens with one attached hydrogen (secondary N) is 1. The summed E-state index contributed by atoms with van der Waals surface area (Å²) in [5, 5.41) is 4.72. The first-order valence-corrected chi connectivity index (χ1v) is 8.37. The van der Waals surface area contributed by atoms with Crippen molar-refractivity contribution in [2.24, 2.45) is 5.92 Å². The molecule has 23 heavy (non-hydrogen) atoms. The van der Waals surface area contributed by atoms with Crippen molar-refractivity contribution >= 4 is 40.7 Å². The van der Waals surface area contributed by atoms with Crippen LogP contribution in [0.2, 0.25) is 10.0 Å². The molecule has 0 amide bonds. The van der Waals surface area contributed by atoms with E-state index >= 15 is 0 Å². The third kappa shape index (κ3) is 4.15. The number of benzene rings is 2. The summed E-state index contributed by atoms with van der Waals surface area (Å²) in [6.07, 6.45) is 3.69. The molecule has 0 radical (unpaired) electrons. The van der Waals surface area contributed by atoms with Gasteiger partial charge in [0.1, 0.15) is 0 Å². The van der Waals surface area contributed by atoms with E-state index < -0.39 is 0 Å². The molecule has 1 atom stereocenters. The maximum absolute atomic E-state index is 12.5. The highest BCUT2D eigenvalue weighted by molar-refractivity contribution is 6.30. The van der Waals surface area contributed by atoms with Crippen molar-refractivity contribution in [3.05, 3.63) is 69.7 Å². The Labute approximate surface area is 146 Å². The van der Waals surface area contributed by atoms with Crippen LogP contribution in [0.5, 0.6) is 0 Å².